The summed E-state index contributed by atoms with van der Waals surface area (Å²) in [7, 11) is 1.97. The van der Waals surface area contributed by atoms with Crippen molar-refractivity contribution in [2.45, 2.75) is 39.3 Å². The molecule has 1 fully saturated rings. The fourth-order valence-corrected chi connectivity index (χ4v) is 2.71. The Morgan fingerprint density at radius 1 is 1.39 bits per heavy atom. The Bertz CT molecular complexity index is 632. The van der Waals surface area contributed by atoms with Crippen LogP contribution in [-0.4, -0.2) is 41.4 Å². The van der Waals surface area contributed by atoms with Gasteiger partial charge >= 0.3 is 0 Å². The molecule has 3 heterocycles. The van der Waals surface area contributed by atoms with Crippen LogP contribution in [0.25, 0.3) is 0 Å². The highest BCUT2D eigenvalue weighted by Crippen LogP contribution is 2.19. The Labute approximate surface area is 136 Å². The number of nitrogens with one attached hydrogen (secondary N) is 1. The molecule has 0 saturated carbocycles. The van der Waals surface area contributed by atoms with Crippen LogP contribution in [0.2, 0.25) is 0 Å². The maximum Gasteiger partial charge on any atom is 0.227 e. The molecule has 1 aliphatic rings. The Morgan fingerprint density at radius 2 is 2.26 bits per heavy atom. The minimum Gasteiger partial charge on any atom is -0.379 e. The fraction of sp³-hybridized carbons (Fsp3) is 0.562. The number of ether oxygens (including phenoxy) is 1. The van der Waals surface area contributed by atoms with Gasteiger partial charge in [0.2, 0.25) is 5.95 Å². The molecule has 7 heteroatoms. The molecule has 23 heavy (non-hydrogen) atoms. The first-order valence-corrected chi connectivity index (χ1v) is 7.93. The van der Waals surface area contributed by atoms with Crippen LogP contribution in [0.3, 0.4) is 0 Å². The monoisotopic (exact) mass is 317 g/mol. The summed E-state index contributed by atoms with van der Waals surface area (Å²) in [6, 6.07) is 2.21. The molecule has 3 rings (SSSR count). The zero-order chi connectivity index (χ0) is 16.2. The molecule has 1 aliphatic heterocycles. The van der Waals surface area contributed by atoms with E-state index in [4.69, 9.17) is 9.26 Å². The zero-order valence-corrected chi connectivity index (χ0v) is 13.9. The second-order valence-electron chi connectivity index (χ2n) is 5.96. The standard InChI is InChI=1S/C16H23N5O2/c1-11-14(12(2)23-20-11)9-21(3)16-17-7-6-15(19-16)18-13-5-4-8-22-10-13/h6-7,13H,4-5,8-10H2,1-3H3,(H,17,18,19). The molecular formula is C16H23N5O2. The van der Waals surface area contributed by atoms with Gasteiger partial charge in [-0.25, -0.2) is 4.98 Å². The van der Waals surface area contributed by atoms with Crippen LogP contribution in [0.5, 0.6) is 0 Å². The number of anilines is 2. The molecule has 124 valence electrons. The van der Waals surface area contributed by atoms with E-state index in [9.17, 15) is 0 Å². The zero-order valence-electron chi connectivity index (χ0n) is 13.9. The number of hydrogen-bond donors (Lipinski definition) is 1. The lowest BCUT2D eigenvalue weighted by atomic mass is 10.1. The largest absolute Gasteiger partial charge is 0.379 e. The average molecular weight is 317 g/mol. The fourth-order valence-electron chi connectivity index (χ4n) is 2.71. The van der Waals surface area contributed by atoms with Gasteiger partial charge in [0.1, 0.15) is 11.6 Å². The number of aryl methyl sites for hydroxylation is 2. The molecule has 0 aliphatic carbocycles. The number of rotatable bonds is 5. The summed E-state index contributed by atoms with van der Waals surface area (Å²) >= 11 is 0. The predicted octanol–water partition coefficient (Wildman–Crippen LogP) is 2.31. The predicted molar refractivity (Wildman–Crippen MR) is 87.6 cm³/mol. The van der Waals surface area contributed by atoms with Crippen molar-refractivity contribution in [2.24, 2.45) is 0 Å². The van der Waals surface area contributed by atoms with E-state index in [1.807, 2.05) is 31.9 Å². The average Bonchev–Trinajstić information content (AvgIpc) is 2.88. The first-order chi connectivity index (χ1) is 11.1. The number of nitrogens with zero attached hydrogens (tertiary/aromatic N) is 4. The number of hydrogen-bond acceptors (Lipinski definition) is 7. The molecule has 1 saturated heterocycles. The van der Waals surface area contributed by atoms with Crippen LogP contribution < -0.4 is 10.2 Å². The molecular weight excluding hydrogens is 294 g/mol. The lowest BCUT2D eigenvalue weighted by Crippen LogP contribution is -2.30. The van der Waals surface area contributed by atoms with Crippen LogP contribution >= 0.6 is 0 Å². The van der Waals surface area contributed by atoms with Gasteiger partial charge in [0.05, 0.1) is 24.9 Å². The quantitative estimate of drug-likeness (QED) is 0.906. The van der Waals surface area contributed by atoms with E-state index in [2.05, 4.69) is 20.4 Å². The van der Waals surface area contributed by atoms with Crippen molar-refractivity contribution in [3.05, 3.63) is 29.3 Å². The highest BCUT2D eigenvalue weighted by molar-refractivity contribution is 5.42. The van der Waals surface area contributed by atoms with E-state index < -0.39 is 0 Å². The van der Waals surface area contributed by atoms with Crippen LogP contribution in [0.15, 0.2) is 16.8 Å². The smallest absolute Gasteiger partial charge is 0.227 e. The van der Waals surface area contributed by atoms with Crippen molar-refractivity contribution in [1.82, 2.24) is 15.1 Å². The second kappa shape index (κ2) is 6.95. The van der Waals surface area contributed by atoms with Gasteiger partial charge in [-0.15, -0.1) is 0 Å². The molecule has 0 bridgehead atoms. The van der Waals surface area contributed by atoms with Crippen molar-refractivity contribution >= 4 is 11.8 Å². The van der Waals surface area contributed by atoms with Crippen LogP contribution in [0.4, 0.5) is 11.8 Å². The van der Waals surface area contributed by atoms with Gasteiger partial charge in [0.25, 0.3) is 0 Å². The summed E-state index contributed by atoms with van der Waals surface area (Å²) in [5.74, 6) is 2.34. The van der Waals surface area contributed by atoms with Crippen molar-refractivity contribution < 1.29 is 9.26 Å². The molecule has 1 N–H and O–H groups in total. The Morgan fingerprint density at radius 3 is 2.96 bits per heavy atom. The molecule has 0 spiro atoms. The van der Waals surface area contributed by atoms with Crippen LogP contribution in [-0.2, 0) is 11.3 Å². The molecule has 2 aromatic rings. The maximum atomic E-state index is 5.49. The summed E-state index contributed by atoms with van der Waals surface area (Å²) in [6.07, 6.45) is 3.97. The third-order valence-electron chi connectivity index (χ3n) is 4.07. The summed E-state index contributed by atoms with van der Waals surface area (Å²) in [6.45, 7) is 6.12. The molecule has 1 unspecified atom stereocenters. The van der Waals surface area contributed by atoms with Gasteiger partial charge in [0.15, 0.2) is 0 Å². The van der Waals surface area contributed by atoms with E-state index in [1.165, 1.54) is 0 Å². The Kier molecular flexibility index (Phi) is 4.76. The van der Waals surface area contributed by atoms with Crippen molar-refractivity contribution in [3.8, 4) is 0 Å². The van der Waals surface area contributed by atoms with Crippen molar-refractivity contribution in [2.75, 3.05) is 30.5 Å². The van der Waals surface area contributed by atoms with E-state index in [-0.39, 0.29) is 0 Å². The molecule has 2 aromatic heterocycles. The summed E-state index contributed by atoms with van der Waals surface area (Å²) < 4.78 is 10.7. The molecule has 0 aromatic carbocycles. The molecule has 7 nitrogen and oxygen atoms in total. The van der Waals surface area contributed by atoms with Crippen molar-refractivity contribution in [3.63, 3.8) is 0 Å². The summed E-state index contributed by atoms with van der Waals surface area (Å²) in [4.78, 5) is 11.0. The van der Waals surface area contributed by atoms with E-state index in [1.54, 1.807) is 6.20 Å². The lowest BCUT2D eigenvalue weighted by molar-refractivity contribution is 0.0875. The highest BCUT2D eigenvalue weighted by atomic mass is 16.5. The SMILES string of the molecule is Cc1noc(C)c1CN(C)c1nccc(NC2CCCOC2)n1. The second-order valence-corrected chi connectivity index (χ2v) is 5.96. The van der Waals surface area contributed by atoms with Gasteiger partial charge in [-0.05, 0) is 32.8 Å². The third kappa shape index (κ3) is 3.79. The van der Waals surface area contributed by atoms with Gasteiger partial charge < -0.3 is 19.5 Å². The van der Waals surface area contributed by atoms with Gasteiger partial charge in [0, 0.05) is 25.4 Å². The first-order valence-electron chi connectivity index (χ1n) is 7.93. The first kappa shape index (κ1) is 15.7. The Hall–Kier alpha value is -2.15. The van der Waals surface area contributed by atoms with Gasteiger partial charge in [-0.1, -0.05) is 5.16 Å². The minimum atomic E-state index is 0.319. The maximum absolute atomic E-state index is 5.49. The van der Waals surface area contributed by atoms with Crippen LogP contribution in [0, 0.1) is 13.8 Å². The summed E-state index contributed by atoms with van der Waals surface area (Å²) in [5.41, 5.74) is 1.98. The van der Waals surface area contributed by atoms with Crippen LogP contribution in [0.1, 0.15) is 29.9 Å². The minimum absolute atomic E-state index is 0.319. The molecule has 0 radical (unpaired) electrons. The van der Waals surface area contributed by atoms with E-state index >= 15 is 0 Å². The third-order valence-corrected chi connectivity index (χ3v) is 4.07. The normalized spacial score (nSPS) is 18.0. The molecule has 0 amide bonds. The highest BCUT2D eigenvalue weighted by Gasteiger charge is 2.16. The van der Waals surface area contributed by atoms with E-state index in [0.717, 1.165) is 48.9 Å². The number of aromatic nitrogens is 3. The van der Waals surface area contributed by atoms with Crippen molar-refractivity contribution in [1.29, 1.82) is 0 Å². The van der Waals surface area contributed by atoms with Gasteiger partial charge in [-0.2, -0.15) is 4.98 Å². The molecule has 1 atom stereocenters. The van der Waals surface area contributed by atoms with Gasteiger partial charge in [-0.3, -0.25) is 0 Å². The van der Waals surface area contributed by atoms with E-state index in [0.29, 0.717) is 18.5 Å². The Balaban J connectivity index is 1.68. The lowest BCUT2D eigenvalue weighted by Gasteiger charge is -2.24. The summed E-state index contributed by atoms with van der Waals surface area (Å²) in [5, 5.41) is 7.41. The topological polar surface area (TPSA) is 76.3 Å².